The van der Waals surface area contributed by atoms with Crippen LogP contribution in [-0.4, -0.2) is 32.7 Å². The molecule has 1 aliphatic rings. The molecule has 116 valence electrons. The molecule has 5 heteroatoms. The molecule has 2 atom stereocenters. The molecule has 0 aliphatic heterocycles. The highest BCUT2D eigenvalue weighted by Crippen LogP contribution is 2.30. The maximum atomic E-state index is 12.1. The van der Waals surface area contributed by atoms with Gasteiger partial charge in [0.25, 0.3) is 0 Å². The van der Waals surface area contributed by atoms with Gasteiger partial charge in [0, 0.05) is 5.92 Å². The summed E-state index contributed by atoms with van der Waals surface area (Å²) in [5.41, 5.74) is 5.70. The number of methoxy groups -OCH3 is 1. The number of nitrogens with one attached hydrogen (secondary N) is 1. The Labute approximate surface area is 125 Å². The van der Waals surface area contributed by atoms with Crippen molar-refractivity contribution in [1.29, 1.82) is 0 Å². The largest absolute Gasteiger partial charge is 0.497 e. The molecule has 1 aromatic rings. The first-order chi connectivity index (χ1) is 10.2. The molecule has 0 unspecified atom stereocenters. The van der Waals surface area contributed by atoms with Gasteiger partial charge in [-0.1, -0.05) is 6.42 Å². The second-order valence-corrected chi connectivity index (χ2v) is 5.35. The first-order valence-electron chi connectivity index (χ1n) is 7.49. The number of carbonyl (C=O) groups is 1. The summed E-state index contributed by atoms with van der Waals surface area (Å²) >= 11 is 0. The molecule has 1 aromatic carbocycles. The molecule has 0 aromatic heterocycles. The van der Waals surface area contributed by atoms with Gasteiger partial charge >= 0.3 is 0 Å². The lowest BCUT2D eigenvalue weighted by Gasteiger charge is -2.17. The molecular formula is C16H24N2O3. The fourth-order valence-corrected chi connectivity index (χ4v) is 2.81. The van der Waals surface area contributed by atoms with Gasteiger partial charge in [-0.25, -0.2) is 0 Å². The third kappa shape index (κ3) is 4.36. The van der Waals surface area contributed by atoms with Gasteiger partial charge < -0.3 is 20.5 Å². The molecule has 5 nitrogen and oxygen atoms in total. The molecule has 1 amide bonds. The van der Waals surface area contributed by atoms with E-state index in [1.54, 1.807) is 7.11 Å². The molecule has 0 saturated heterocycles. The number of amides is 1. The summed E-state index contributed by atoms with van der Waals surface area (Å²) in [7, 11) is 1.63. The molecule has 1 fully saturated rings. The summed E-state index contributed by atoms with van der Waals surface area (Å²) in [6.07, 6.45) is 3.12. The van der Waals surface area contributed by atoms with Crippen LogP contribution >= 0.6 is 0 Å². The minimum absolute atomic E-state index is 0.0796. The Balaban J connectivity index is 1.68. The van der Waals surface area contributed by atoms with E-state index in [2.05, 4.69) is 5.32 Å². The van der Waals surface area contributed by atoms with Gasteiger partial charge in [-0.05, 0) is 49.6 Å². The predicted octanol–water partition coefficient (Wildman–Crippen LogP) is 1.57. The number of hydrogen-bond donors (Lipinski definition) is 2. The van der Waals surface area contributed by atoms with Crippen LogP contribution in [0.3, 0.4) is 0 Å². The summed E-state index contributed by atoms with van der Waals surface area (Å²) in [5.74, 6) is 2.10. The monoisotopic (exact) mass is 292 g/mol. The Morgan fingerprint density at radius 1 is 1.29 bits per heavy atom. The Morgan fingerprint density at radius 3 is 2.67 bits per heavy atom. The second kappa shape index (κ2) is 7.88. The van der Waals surface area contributed by atoms with Crippen molar-refractivity contribution in [1.82, 2.24) is 5.32 Å². The summed E-state index contributed by atoms with van der Waals surface area (Å²) in [6.45, 7) is 1.57. The number of benzene rings is 1. The van der Waals surface area contributed by atoms with Crippen LogP contribution in [0, 0.1) is 11.8 Å². The zero-order valence-electron chi connectivity index (χ0n) is 12.5. The van der Waals surface area contributed by atoms with Crippen molar-refractivity contribution in [2.45, 2.75) is 19.3 Å². The van der Waals surface area contributed by atoms with Crippen LogP contribution < -0.4 is 20.5 Å². The minimum atomic E-state index is 0.0796. The molecule has 3 N–H and O–H groups in total. The molecule has 0 bridgehead atoms. The van der Waals surface area contributed by atoms with E-state index in [1.165, 1.54) is 0 Å². The molecule has 2 rings (SSSR count). The summed E-state index contributed by atoms with van der Waals surface area (Å²) in [4.78, 5) is 12.1. The summed E-state index contributed by atoms with van der Waals surface area (Å²) < 4.78 is 10.7. The SMILES string of the molecule is COc1ccc(OCCNC(=O)[C@@H]2CCC[C@@H]2CN)cc1. The van der Waals surface area contributed by atoms with Crippen molar-refractivity contribution in [2.75, 3.05) is 26.8 Å². The Hall–Kier alpha value is -1.75. The van der Waals surface area contributed by atoms with Crippen LogP contribution in [-0.2, 0) is 4.79 Å². The number of hydrogen-bond acceptors (Lipinski definition) is 4. The molecule has 0 radical (unpaired) electrons. The zero-order chi connectivity index (χ0) is 15.1. The average Bonchev–Trinajstić information content (AvgIpc) is 3.00. The van der Waals surface area contributed by atoms with E-state index in [1.807, 2.05) is 24.3 Å². The first kappa shape index (κ1) is 15.6. The fraction of sp³-hybridized carbons (Fsp3) is 0.562. The van der Waals surface area contributed by atoms with Crippen LogP contribution in [0.2, 0.25) is 0 Å². The van der Waals surface area contributed by atoms with E-state index in [-0.39, 0.29) is 11.8 Å². The molecule has 1 aliphatic carbocycles. The number of nitrogens with two attached hydrogens (primary N) is 1. The predicted molar refractivity (Wildman–Crippen MR) is 81.4 cm³/mol. The van der Waals surface area contributed by atoms with Crippen LogP contribution in [0.15, 0.2) is 24.3 Å². The lowest BCUT2D eigenvalue weighted by molar-refractivity contribution is -0.126. The van der Waals surface area contributed by atoms with Crippen molar-refractivity contribution in [3.05, 3.63) is 24.3 Å². The topological polar surface area (TPSA) is 73.6 Å². The van der Waals surface area contributed by atoms with Gasteiger partial charge in [-0.2, -0.15) is 0 Å². The van der Waals surface area contributed by atoms with E-state index in [0.717, 1.165) is 30.8 Å². The lowest BCUT2D eigenvalue weighted by atomic mass is 9.95. The lowest BCUT2D eigenvalue weighted by Crippen LogP contribution is -2.37. The normalized spacial score (nSPS) is 21.0. The van der Waals surface area contributed by atoms with Gasteiger partial charge in [0.2, 0.25) is 5.91 Å². The van der Waals surface area contributed by atoms with E-state index in [4.69, 9.17) is 15.2 Å². The van der Waals surface area contributed by atoms with Gasteiger partial charge in [0.15, 0.2) is 0 Å². The van der Waals surface area contributed by atoms with Gasteiger partial charge in [0.05, 0.1) is 13.7 Å². The Morgan fingerprint density at radius 2 is 2.00 bits per heavy atom. The third-order valence-electron chi connectivity index (χ3n) is 4.03. The molecule has 21 heavy (non-hydrogen) atoms. The van der Waals surface area contributed by atoms with Crippen molar-refractivity contribution >= 4 is 5.91 Å². The van der Waals surface area contributed by atoms with Gasteiger partial charge in [0.1, 0.15) is 18.1 Å². The standard InChI is InChI=1S/C16H24N2O3/c1-20-13-5-7-14(8-6-13)21-10-9-18-16(19)15-4-2-3-12(15)11-17/h5-8,12,15H,2-4,9-11,17H2,1H3,(H,18,19)/t12-,15-/m1/s1. The van der Waals surface area contributed by atoms with Crippen molar-refractivity contribution in [2.24, 2.45) is 17.6 Å². The van der Waals surface area contributed by atoms with Crippen LogP contribution in [0.5, 0.6) is 11.5 Å². The fourth-order valence-electron chi connectivity index (χ4n) is 2.81. The van der Waals surface area contributed by atoms with Gasteiger partial charge in [-0.3, -0.25) is 4.79 Å². The molecule has 1 saturated carbocycles. The first-order valence-corrected chi connectivity index (χ1v) is 7.49. The zero-order valence-corrected chi connectivity index (χ0v) is 12.5. The Kier molecular flexibility index (Phi) is 5.87. The highest BCUT2D eigenvalue weighted by molar-refractivity contribution is 5.79. The van der Waals surface area contributed by atoms with Crippen LogP contribution in [0.1, 0.15) is 19.3 Å². The average molecular weight is 292 g/mol. The summed E-state index contributed by atoms with van der Waals surface area (Å²) in [6, 6.07) is 7.39. The van der Waals surface area contributed by atoms with E-state index < -0.39 is 0 Å². The Bertz CT molecular complexity index is 447. The van der Waals surface area contributed by atoms with E-state index in [9.17, 15) is 4.79 Å². The minimum Gasteiger partial charge on any atom is -0.497 e. The molecular weight excluding hydrogens is 268 g/mol. The molecule has 0 heterocycles. The highest BCUT2D eigenvalue weighted by Gasteiger charge is 2.31. The maximum absolute atomic E-state index is 12.1. The van der Waals surface area contributed by atoms with E-state index >= 15 is 0 Å². The highest BCUT2D eigenvalue weighted by atomic mass is 16.5. The van der Waals surface area contributed by atoms with Crippen LogP contribution in [0.25, 0.3) is 0 Å². The number of ether oxygens (including phenoxy) is 2. The maximum Gasteiger partial charge on any atom is 0.223 e. The van der Waals surface area contributed by atoms with Crippen LogP contribution in [0.4, 0.5) is 0 Å². The second-order valence-electron chi connectivity index (χ2n) is 5.35. The van der Waals surface area contributed by atoms with Crippen molar-refractivity contribution in [3.8, 4) is 11.5 Å². The molecule has 0 spiro atoms. The quantitative estimate of drug-likeness (QED) is 0.748. The van der Waals surface area contributed by atoms with E-state index in [0.29, 0.717) is 25.6 Å². The third-order valence-corrected chi connectivity index (χ3v) is 4.03. The number of rotatable bonds is 7. The smallest absolute Gasteiger partial charge is 0.223 e. The number of carbonyl (C=O) groups excluding carboxylic acids is 1. The van der Waals surface area contributed by atoms with Crippen molar-refractivity contribution < 1.29 is 14.3 Å². The van der Waals surface area contributed by atoms with Gasteiger partial charge in [-0.15, -0.1) is 0 Å². The van der Waals surface area contributed by atoms with Crippen molar-refractivity contribution in [3.63, 3.8) is 0 Å². The summed E-state index contributed by atoms with van der Waals surface area (Å²) in [5, 5.41) is 2.94.